The molecular formula is C9H18FN3. The Morgan fingerprint density at radius 1 is 1.54 bits per heavy atom. The van der Waals surface area contributed by atoms with Gasteiger partial charge in [0.1, 0.15) is 6.34 Å². The Morgan fingerprint density at radius 2 is 2.23 bits per heavy atom. The minimum atomic E-state index is -1.05. The van der Waals surface area contributed by atoms with E-state index in [2.05, 4.69) is 18.9 Å². The van der Waals surface area contributed by atoms with Crippen LogP contribution >= 0.6 is 0 Å². The fourth-order valence-electron chi connectivity index (χ4n) is 1.36. The van der Waals surface area contributed by atoms with Crippen LogP contribution in [0.1, 0.15) is 27.2 Å². The molecule has 1 atom stereocenters. The summed E-state index contributed by atoms with van der Waals surface area (Å²) in [7, 11) is 0. The molecule has 13 heavy (non-hydrogen) atoms. The topological polar surface area (TPSA) is 18.8 Å². The van der Waals surface area contributed by atoms with Gasteiger partial charge in [-0.3, -0.25) is 0 Å². The summed E-state index contributed by atoms with van der Waals surface area (Å²) >= 11 is 0. The Balaban J connectivity index is 2.41. The van der Waals surface area contributed by atoms with Gasteiger partial charge in [0.05, 0.1) is 0 Å². The first kappa shape index (κ1) is 10.3. The van der Waals surface area contributed by atoms with Gasteiger partial charge in [0.15, 0.2) is 0 Å². The molecule has 0 radical (unpaired) electrons. The van der Waals surface area contributed by atoms with E-state index in [4.69, 9.17) is 0 Å². The van der Waals surface area contributed by atoms with E-state index in [1.165, 1.54) is 5.01 Å². The van der Waals surface area contributed by atoms with E-state index < -0.39 is 6.42 Å². The molecule has 0 aromatic rings. The lowest BCUT2D eigenvalue weighted by atomic mass is 10.2. The zero-order valence-corrected chi connectivity index (χ0v) is 8.57. The van der Waals surface area contributed by atoms with Crippen LogP contribution in [0.25, 0.3) is 0 Å². The predicted molar refractivity (Wildman–Crippen MR) is 51.9 cm³/mol. The molecule has 0 fully saturated rings. The second-order valence-corrected chi connectivity index (χ2v) is 3.80. The van der Waals surface area contributed by atoms with Crippen molar-refractivity contribution in [3.8, 4) is 0 Å². The van der Waals surface area contributed by atoms with E-state index in [1.807, 2.05) is 6.92 Å². The van der Waals surface area contributed by atoms with Crippen molar-refractivity contribution in [3.05, 3.63) is 0 Å². The van der Waals surface area contributed by atoms with Crippen LogP contribution in [0, 0.1) is 5.92 Å². The van der Waals surface area contributed by atoms with Gasteiger partial charge in [-0.25, -0.2) is 5.01 Å². The monoisotopic (exact) mass is 187 g/mol. The average molecular weight is 187 g/mol. The smallest absolute Gasteiger partial charge is 0.265 e. The summed E-state index contributed by atoms with van der Waals surface area (Å²) in [6, 6.07) is 0. The van der Waals surface area contributed by atoms with Gasteiger partial charge in [0, 0.05) is 13.1 Å². The maximum atomic E-state index is 13.5. The van der Waals surface area contributed by atoms with Crippen molar-refractivity contribution in [1.82, 2.24) is 9.91 Å². The van der Waals surface area contributed by atoms with Crippen molar-refractivity contribution >= 4 is 6.34 Å². The molecule has 0 bridgehead atoms. The molecule has 4 heteroatoms. The molecule has 0 aliphatic carbocycles. The minimum absolute atomic E-state index is 0.464. The highest BCUT2D eigenvalue weighted by Crippen LogP contribution is 2.15. The van der Waals surface area contributed by atoms with Crippen molar-refractivity contribution in [2.75, 3.05) is 13.1 Å². The molecule has 0 N–H and O–H groups in total. The normalized spacial score (nSPS) is 22.1. The van der Waals surface area contributed by atoms with Gasteiger partial charge in [-0.2, -0.15) is 9.49 Å². The van der Waals surface area contributed by atoms with Crippen LogP contribution in [0.3, 0.4) is 0 Å². The number of halogens is 1. The number of rotatable bonds is 4. The molecule has 1 unspecified atom stereocenters. The third-order valence-electron chi connectivity index (χ3n) is 1.90. The fraction of sp³-hybridized carbons (Fsp3) is 0.889. The quantitative estimate of drug-likeness (QED) is 0.626. The molecule has 0 saturated heterocycles. The average Bonchev–Trinajstić information content (AvgIpc) is 2.36. The molecule has 0 aromatic heterocycles. The van der Waals surface area contributed by atoms with E-state index in [0.717, 1.165) is 13.0 Å². The maximum Gasteiger partial charge on any atom is 0.265 e. The second-order valence-electron chi connectivity index (χ2n) is 3.80. The number of hydrazone groups is 1. The van der Waals surface area contributed by atoms with Crippen LogP contribution in [0.15, 0.2) is 5.10 Å². The Labute approximate surface area is 79.2 Å². The molecule has 0 amide bonds. The first-order chi connectivity index (χ1) is 6.15. The van der Waals surface area contributed by atoms with Crippen molar-refractivity contribution in [2.45, 2.75) is 33.6 Å². The first-order valence-electron chi connectivity index (χ1n) is 4.85. The third kappa shape index (κ3) is 2.57. The molecule has 76 valence electrons. The summed E-state index contributed by atoms with van der Waals surface area (Å²) in [6.07, 6.45) is 1.47. The molecule has 3 nitrogen and oxygen atoms in total. The van der Waals surface area contributed by atoms with Crippen LogP contribution in [-0.2, 0) is 0 Å². The van der Waals surface area contributed by atoms with E-state index in [1.54, 1.807) is 11.2 Å². The molecular weight excluding hydrogens is 169 g/mol. The fourth-order valence-corrected chi connectivity index (χ4v) is 1.36. The lowest BCUT2D eigenvalue weighted by molar-refractivity contribution is 0.0110. The Bertz CT molecular complexity index is 182. The summed E-state index contributed by atoms with van der Waals surface area (Å²) in [5, 5.41) is 5.49. The SMILES string of the molecule is CCCN1N=CN(CC(C)C)C1F. The molecule has 0 spiro atoms. The number of nitrogens with zero attached hydrogens (tertiary/aromatic N) is 3. The van der Waals surface area contributed by atoms with E-state index in [9.17, 15) is 4.39 Å². The van der Waals surface area contributed by atoms with Crippen molar-refractivity contribution in [2.24, 2.45) is 11.0 Å². The highest BCUT2D eigenvalue weighted by Gasteiger charge is 2.26. The molecule has 1 heterocycles. The van der Waals surface area contributed by atoms with Gasteiger partial charge in [-0.1, -0.05) is 20.8 Å². The van der Waals surface area contributed by atoms with E-state index in [-0.39, 0.29) is 0 Å². The van der Waals surface area contributed by atoms with Gasteiger partial charge in [-0.15, -0.1) is 0 Å². The number of hydrogen-bond donors (Lipinski definition) is 0. The molecule has 1 aliphatic heterocycles. The highest BCUT2D eigenvalue weighted by molar-refractivity contribution is 5.56. The van der Waals surface area contributed by atoms with Crippen LogP contribution < -0.4 is 0 Å². The zero-order valence-electron chi connectivity index (χ0n) is 8.57. The van der Waals surface area contributed by atoms with Gasteiger partial charge in [-0.05, 0) is 12.3 Å². The summed E-state index contributed by atoms with van der Waals surface area (Å²) in [6.45, 7) is 7.58. The van der Waals surface area contributed by atoms with Crippen LogP contribution in [0.4, 0.5) is 4.39 Å². The Morgan fingerprint density at radius 3 is 2.77 bits per heavy atom. The van der Waals surface area contributed by atoms with E-state index >= 15 is 0 Å². The second kappa shape index (κ2) is 4.44. The summed E-state index contributed by atoms with van der Waals surface area (Å²) in [4.78, 5) is 1.64. The van der Waals surface area contributed by atoms with Gasteiger partial charge in [0.25, 0.3) is 6.42 Å². The number of alkyl halides is 1. The van der Waals surface area contributed by atoms with Crippen molar-refractivity contribution in [1.29, 1.82) is 0 Å². The van der Waals surface area contributed by atoms with E-state index in [0.29, 0.717) is 12.5 Å². The molecule has 0 aromatic carbocycles. The first-order valence-corrected chi connectivity index (χ1v) is 4.85. The van der Waals surface area contributed by atoms with Gasteiger partial charge < -0.3 is 4.90 Å². The Kier molecular flexibility index (Phi) is 3.51. The van der Waals surface area contributed by atoms with Crippen molar-refractivity contribution < 1.29 is 4.39 Å². The largest absolute Gasteiger partial charge is 0.313 e. The molecule has 1 rings (SSSR count). The minimum Gasteiger partial charge on any atom is -0.313 e. The zero-order chi connectivity index (χ0) is 9.84. The molecule has 0 saturated carbocycles. The summed E-state index contributed by atoms with van der Waals surface area (Å²) < 4.78 is 13.5. The van der Waals surface area contributed by atoms with Crippen molar-refractivity contribution in [3.63, 3.8) is 0 Å². The summed E-state index contributed by atoms with van der Waals surface area (Å²) in [5.41, 5.74) is 0. The summed E-state index contributed by atoms with van der Waals surface area (Å²) in [5.74, 6) is 0.464. The maximum absolute atomic E-state index is 13.5. The predicted octanol–water partition coefficient (Wildman–Crippen LogP) is 1.87. The lowest BCUT2D eigenvalue weighted by Crippen LogP contribution is -2.38. The van der Waals surface area contributed by atoms with Crippen LogP contribution in [0.2, 0.25) is 0 Å². The molecule has 1 aliphatic rings. The van der Waals surface area contributed by atoms with Gasteiger partial charge in [0.2, 0.25) is 0 Å². The van der Waals surface area contributed by atoms with Gasteiger partial charge >= 0.3 is 0 Å². The lowest BCUT2D eigenvalue weighted by Gasteiger charge is -2.24. The van der Waals surface area contributed by atoms with Crippen LogP contribution in [-0.4, -0.2) is 35.8 Å². The highest BCUT2D eigenvalue weighted by atomic mass is 19.1. The van der Waals surface area contributed by atoms with Crippen LogP contribution in [0.5, 0.6) is 0 Å². The Hall–Kier alpha value is -0.800. The number of hydrogen-bond acceptors (Lipinski definition) is 3. The third-order valence-corrected chi connectivity index (χ3v) is 1.90. The standard InChI is InChI=1S/C9H18FN3/c1-4-5-13-9(10)12(7-11-13)6-8(2)3/h7-9H,4-6H2,1-3H3.